The Kier molecular flexibility index (Phi) is 7.08. The molecule has 0 saturated heterocycles. The van der Waals surface area contributed by atoms with Gasteiger partial charge in [-0.25, -0.2) is 4.79 Å². The molecule has 0 aliphatic rings. The molecule has 3 N–H and O–H groups in total. The van der Waals surface area contributed by atoms with Crippen molar-refractivity contribution in [2.45, 2.75) is 6.42 Å². The smallest absolute Gasteiger partial charge is 0.315 e. The van der Waals surface area contributed by atoms with Crippen LogP contribution in [0.15, 0.2) is 53.0 Å². The van der Waals surface area contributed by atoms with Crippen LogP contribution in [-0.2, 0) is 11.2 Å². The van der Waals surface area contributed by atoms with Crippen molar-refractivity contribution in [3.63, 3.8) is 0 Å². The van der Waals surface area contributed by atoms with Crippen LogP contribution in [0.25, 0.3) is 0 Å². The lowest BCUT2D eigenvalue weighted by molar-refractivity contribution is -0.115. The van der Waals surface area contributed by atoms with Crippen molar-refractivity contribution in [2.24, 2.45) is 0 Å². The number of rotatable bonds is 6. The van der Waals surface area contributed by atoms with E-state index in [1.165, 1.54) is 0 Å². The number of urea groups is 1. The zero-order valence-electron chi connectivity index (χ0n) is 12.8. The molecule has 0 saturated carbocycles. The fraction of sp³-hybridized carbons (Fsp3) is 0.176. The highest BCUT2D eigenvalue weighted by Crippen LogP contribution is 2.20. The van der Waals surface area contributed by atoms with Crippen LogP contribution < -0.4 is 16.0 Å². The minimum Gasteiger partial charge on any atom is -0.338 e. The molecule has 5 nitrogen and oxygen atoms in total. The first-order valence-corrected chi connectivity index (χ1v) is 8.52. The number of amides is 3. The highest BCUT2D eigenvalue weighted by molar-refractivity contribution is 9.10. The summed E-state index contributed by atoms with van der Waals surface area (Å²) in [5.74, 6) is -0.297. The molecule has 0 spiro atoms. The molecule has 0 radical (unpaired) electrons. The maximum Gasteiger partial charge on any atom is 0.315 e. The standard InChI is InChI=1S/C17H17BrClN3O2/c18-14-3-1-2-4-15(14)22-16(23)11-21-17(24)20-10-9-12-5-7-13(19)8-6-12/h1-8H,9-11H2,(H,22,23)(H2,20,21,24). The maximum atomic E-state index is 11.8. The summed E-state index contributed by atoms with van der Waals surface area (Å²) in [6.45, 7) is 0.368. The molecule has 2 aromatic rings. The molecule has 0 bridgehead atoms. The number of nitrogens with one attached hydrogen (secondary N) is 3. The summed E-state index contributed by atoms with van der Waals surface area (Å²) in [5, 5.41) is 8.62. The Morgan fingerprint density at radius 3 is 2.42 bits per heavy atom. The average Bonchev–Trinajstić information content (AvgIpc) is 2.57. The van der Waals surface area contributed by atoms with E-state index in [2.05, 4.69) is 31.9 Å². The summed E-state index contributed by atoms with van der Waals surface area (Å²) >= 11 is 9.16. The number of anilines is 1. The third-order valence-electron chi connectivity index (χ3n) is 3.17. The van der Waals surface area contributed by atoms with Gasteiger partial charge in [-0.05, 0) is 52.2 Å². The topological polar surface area (TPSA) is 70.2 Å². The fourth-order valence-corrected chi connectivity index (χ4v) is 2.46. The molecular formula is C17H17BrClN3O2. The predicted molar refractivity (Wildman–Crippen MR) is 99.3 cm³/mol. The highest BCUT2D eigenvalue weighted by atomic mass is 79.9. The molecule has 0 aliphatic heterocycles. The minimum absolute atomic E-state index is 0.103. The van der Waals surface area contributed by atoms with Gasteiger partial charge in [-0.3, -0.25) is 4.79 Å². The lowest BCUT2D eigenvalue weighted by atomic mass is 10.1. The molecule has 0 aliphatic carbocycles. The van der Waals surface area contributed by atoms with Crippen molar-refractivity contribution in [3.05, 3.63) is 63.6 Å². The average molecular weight is 411 g/mol. The van der Waals surface area contributed by atoms with Gasteiger partial charge in [0.1, 0.15) is 0 Å². The summed E-state index contributed by atoms with van der Waals surface area (Å²) in [6.07, 6.45) is 0.688. The van der Waals surface area contributed by atoms with Crippen molar-refractivity contribution in [1.82, 2.24) is 10.6 Å². The Morgan fingerprint density at radius 1 is 1.00 bits per heavy atom. The number of carbonyl (C=O) groups excluding carboxylic acids is 2. The van der Waals surface area contributed by atoms with Gasteiger partial charge in [0.05, 0.1) is 12.2 Å². The Bertz CT molecular complexity index is 707. The predicted octanol–water partition coefficient (Wildman–Crippen LogP) is 3.58. The fourth-order valence-electron chi connectivity index (χ4n) is 1.95. The molecule has 2 aromatic carbocycles. The second-order valence-corrected chi connectivity index (χ2v) is 6.30. The van der Waals surface area contributed by atoms with E-state index in [0.29, 0.717) is 23.7 Å². The minimum atomic E-state index is -0.383. The first-order valence-electron chi connectivity index (χ1n) is 7.35. The molecule has 2 rings (SSSR count). The van der Waals surface area contributed by atoms with E-state index >= 15 is 0 Å². The summed E-state index contributed by atoms with van der Waals surface area (Å²) in [7, 11) is 0. The second-order valence-electron chi connectivity index (χ2n) is 5.01. The van der Waals surface area contributed by atoms with Gasteiger partial charge >= 0.3 is 6.03 Å². The van der Waals surface area contributed by atoms with E-state index in [4.69, 9.17) is 11.6 Å². The Labute approximate surface area is 153 Å². The van der Waals surface area contributed by atoms with Crippen LogP contribution in [-0.4, -0.2) is 25.0 Å². The van der Waals surface area contributed by atoms with Crippen LogP contribution in [0.1, 0.15) is 5.56 Å². The number of para-hydroxylation sites is 1. The first kappa shape index (κ1) is 18.3. The van der Waals surface area contributed by atoms with Gasteiger partial charge in [-0.1, -0.05) is 35.9 Å². The normalized spacial score (nSPS) is 10.1. The van der Waals surface area contributed by atoms with Gasteiger partial charge < -0.3 is 16.0 Å². The molecule has 7 heteroatoms. The van der Waals surface area contributed by atoms with Gasteiger partial charge in [0.15, 0.2) is 0 Å². The zero-order chi connectivity index (χ0) is 17.4. The van der Waals surface area contributed by atoms with E-state index in [-0.39, 0.29) is 18.5 Å². The van der Waals surface area contributed by atoms with Gasteiger partial charge in [0.25, 0.3) is 0 Å². The van der Waals surface area contributed by atoms with E-state index in [1.807, 2.05) is 42.5 Å². The van der Waals surface area contributed by atoms with Crippen LogP contribution in [0.3, 0.4) is 0 Å². The molecule has 24 heavy (non-hydrogen) atoms. The maximum absolute atomic E-state index is 11.8. The molecule has 0 fully saturated rings. The Morgan fingerprint density at radius 2 is 1.71 bits per heavy atom. The SMILES string of the molecule is O=C(CNC(=O)NCCc1ccc(Cl)cc1)Nc1ccccc1Br. The van der Waals surface area contributed by atoms with Crippen molar-refractivity contribution >= 4 is 45.2 Å². The molecule has 126 valence electrons. The Balaban J connectivity index is 1.66. The van der Waals surface area contributed by atoms with Crippen LogP contribution in [0, 0.1) is 0 Å². The second kappa shape index (κ2) is 9.30. The quantitative estimate of drug-likeness (QED) is 0.681. The number of benzene rings is 2. The van der Waals surface area contributed by atoms with Gasteiger partial charge in [0.2, 0.25) is 5.91 Å². The van der Waals surface area contributed by atoms with Crippen molar-refractivity contribution in [3.8, 4) is 0 Å². The third-order valence-corrected chi connectivity index (χ3v) is 4.11. The van der Waals surface area contributed by atoms with Gasteiger partial charge in [0, 0.05) is 16.0 Å². The molecule has 3 amide bonds. The number of carbonyl (C=O) groups is 2. The Hall–Kier alpha value is -2.05. The van der Waals surface area contributed by atoms with Crippen molar-refractivity contribution < 1.29 is 9.59 Å². The third kappa shape index (κ3) is 6.22. The summed E-state index contributed by atoms with van der Waals surface area (Å²) in [5.41, 5.74) is 1.74. The monoisotopic (exact) mass is 409 g/mol. The summed E-state index contributed by atoms with van der Waals surface area (Å²) < 4.78 is 0.783. The number of halogens is 2. The molecule has 0 heterocycles. The van der Waals surface area contributed by atoms with Crippen LogP contribution in [0.5, 0.6) is 0 Å². The number of hydrogen-bond acceptors (Lipinski definition) is 2. The summed E-state index contributed by atoms with van der Waals surface area (Å²) in [4.78, 5) is 23.5. The zero-order valence-corrected chi connectivity index (χ0v) is 15.2. The van der Waals surface area contributed by atoms with E-state index in [0.717, 1.165) is 10.0 Å². The van der Waals surface area contributed by atoms with E-state index in [9.17, 15) is 9.59 Å². The van der Waals surface area contributed by atoms with Gasteiger partial charge in [-0.15, -0.1) is 0 Å². The van der Waals surface area contributed by atoms with Crippen molar-refractivity contribution in [2.75, 3.05) is 18.4 Å². The van der Waals surface area contributed by atoms with Crippen molar-refractivity contribution in [1.29, 1.82) is 0 Å². The first-order chi connectivity index (χ1) is 11.5. The molecular weight excluding hydrogens is 394 g/mol. The van der Waals surface area contributed by atoms with Gasteiger partial charge in [-0.2, -0.15) is 0 Å². The largest absolute Gasteiger partial charge is 0.338 e. The lowest BCUT2D eigenvalue weighted by Crippen LogP contribution is -2.40. The highest BCUT2D eigenvalue weighted by Gasteiger charge is 2.07. The lowest BCUT2D eigenvalue weighted by Gasteiger charge is -2.09. The molecule has 0 unspecified atom stereocenters. The van der Waals surface area contributed by atoms with Crippen LogP contribution >= 0.6 is 27.5 Å². The van der Waals surface area contributed by atoms with E-state index in [1.54, 1.807) is 6.07 Å². The van der Waals surface area contributed by atoms with Crippen LogP contribution in [0.4, 0.5) is 10.5 Å². The molecule has 0 aromatic heterocycles. The summed E-state index contributed by atoms with van der Waals surface area (Å²) in [6, 6.07) is 14.3. The van der Waals surface area contributed by atoms with Crippen LogP contribution in [0.2, 0.25) is 5.02 Å². The van der Waals surface area contributed by atoms with E-state index < -0.39 is 0 Å². The molecule has 0 atom stereocenters. The number of hydrogen-bond donors (Lipinski definition) is 3.